The monoisotopic (exact) mass is 688 g/mol. The molecule has 0 bridgehead atoms. The highest BCUT2D eigenvalue weighted by molar-refractivity contribution is 6.03. The van der Waals surface area contributed by atoms with Crippen molar-refractivity contribution in [1.29, 1.82) is 0 Å². The average molecular weight is 689 g/mol. The van der Waals surface area contributed by atoms with Gasteiger partial charge < -0.3 is 30.8 Å². The molecule has 264 valence electrons. The van der Waals surface area contributed by atoms with E-state index in [0.717, 1.165) is 25.7 Å². The zero-order chi connectivity index (χ0) is 35.8. The quantitative estimate of drug-likeness (QED) is 0.0579. The molecule has 17 heteroatoms. The van der Waals surface area contributed by atoms with Crippen LogP contribution in [0.15, 0.2) is 48.6 Å². The molecular weight excluding hydrogens is 648 g/mol. The number of carbonyl (C=O) groups is 3. The predicted octanol–water partition coefficient (Wildman–Crippen LogP) is 2.69. The number of carbonyl (C=O) groups excluding carboxylic acids is 3. The van der Waals surface area contributed by atoms with E-state index in [2.05, 4.69) is 25.6 Å². The molecule has 2 aromatic heterocycles. The Kier molecular flexibility index (Phi) is 11.4. The Morgan fingerprint density at radius 1 is 1.08 bits per heavy atom. The summed E-state index contributed by atoms with van der Waals surface area (Å²) in [5, 5.41) is 22.3. The second kappa shape index (κ2) is 16.1. The maximum atomic E-state index is 13.3. The van der Waals surface area contributed by atoms with Crippen molar-refractivity contribution in [2.45, 2.75) is 33.4 Å². The van der Waals surface area contributed by atoms with Crippen LogP contribution >= 0.6 is 0 Å². The first-order chi connectivity index (χ1) is 24.0. The number of imidazole rings is 1. The Hall–Kier alpha value is -5.81. The standard InChI is InChI=1S/C33H40N10O7/c1-3-42-27(17-21(2)39-42)32(46)38-33-37-24-18-22(30(34)44)7-8-25(24)41(33)11-5-4-9-36-29-26(43(47)48)19-23(31(35)45)20-28(29)50-14-6-10-40-12-15-49-16-13-40/h4-5,7-8,17-20,36H,3,6,9-16H2,1-2H3,(H2,34,44)(H2,35,45)(H,37,38,46)/b5-4+. The van der Waals surface area contributed by atoms with Crippen LogP contribution in [0.2, 0.25) is 0 Å². The molecule has 3 heterocycles. The van der Waals surface area contributed by atoms with E-state index >= 15 is 0 Å². The van der Waals surface area contributed by atoms with Gasteiger partial charge in [-0.25, -0.2) is 4.98 Å². The molecule has 0 unspecified atom stereocenters. The van der Waals surface area contributed by atoms with Gasteiger partial charge in [0.1, 0.15) is 11.4 Å². The number of nitrogens with zero attached hydrogens (tertiary/aromatic N) is 6. The fraction of sp³-hybridized carbons (Fsp3) is 0.364. The van der Waals surface area contributed by atoms with Crippen molar-refractivity contribution in [3.8, 4) is 5.75 Å². The number of nitrogens with two attached hydrogens (primary N) is 2. The van der Waals surface area contributed by atoms with Crippen LogP contribution in [0.25, 0.3) is 11.0 Å². The van der Waals surface area contributed by atoms with E-state index in [4.69, 9.17) is 20.9 Å². The van der Waals surface area contributed by atoms with Gasteiger partial charge in [-0.1, -0.05) is 12.2 Å². The lowest BCUT2D eigenvalue weighted by molar-refractivity contribution is -0.384. The van der Waals surface area contributed by atoms with Crippen LogP contribution in [0, 0.1) is 17.0 Å². The fourth-order valence-corrected chi connectivity index (χ4v) is 5.60. The first-order valence-electron chi connectivity index (χ1n) is 16.2. The number of anilines is 2. The minimum atomic E-state index is -0.814. The molecule has 0 aliphatic carbocycles. The molecular formula is C33H40N10O7. The summed E-state index contributed by atoms with van der Waals surface area (Å²) in [5.41, 5.74) is 13.1. The van der Waals surface area contributed by atoms with Gasteiger partial charge in [-0.05, 0) is 50.6 Å². The molecule has 5 rings (SSSR count). The van der Waals surface area contributed by atoms with Gasteiger partial charge in [0.05, 0.1) is 41.5 Å². The Bertz CT molecular complexity index is 1930. The van der Waals surface area contributed by atoms with E-state index in [9.17, 15) is 24.5 Å². The number of nitrogens with one attached hydrogen (secondary N) is 2. The van der Waals surface area contributed by atoms with Gasteiger partial charge in [0.25, 0.3) is 11.6 Å². The number of primary amides is 2. The number of allylic oxidation sites excluding steroid dienone is 1. The van der Waals surface area contributed by atoms with E-state index in [0.29, 0.717) is 48.6 Å². The number of amides is 3. The number of nitro benzene ring substituents is 1. The summed E-state index contributed by atoms with van der Waals surface area (Å²) >= 11 is 0. The van der Waals surface area contributed by atoms with E-state index in [1.807, 2.05) is 6.92 Å². The largest absolute Gasteiger partial charge is 0.491 e. The van der Waals surface area contributed by atoms with E-state index < -0.39 is 22.6 Å². The molecule has 1 saturated heterocycles. The number of hydrogen-bond acceptors (Lipinski definition) is 11. The summed E-state index contributed by atoms with van der Waals surface area (Å²) in [7, 11) is 0. The third kappa shape index (κ3) is 8.42. The molecule has 1 fully saturated rings. The van der Waals surface area contributed by atoms with Crippen LogP contribution in [0.3, 0.4) is 0 Å². The van der Waals surface area contributed by atoms with Gasteiger partial charge >= 0.3 is 0 Å². The maximum Gasteiger partial charge on any atom is 0.296 e. The number of nitro groups is 1. The van der Waals surface area contributed by atoms with Crippen LogP contribution < -0.4 is 26.8 Å². The molecule has 0 spiro atoms. The normalized spacial score (nSPS) is 13.5. The molecule has 0 saturated carbocycles. The second-order valence-electron chi connectivity index (χ2n) is 11.6. The fourth-order valence-electron chi connectivity index (χ4n) is 5.60. The molecule has 0 radical (unpaired) electrons. The lowest BCUT2D eigenvalue weighted by atomic mass is 10.1. The summed E-state index contributed by atoms with van der Waals surface area (Å²) < 4.78 is 14.7. The molecule has 4 aromatic rings. The number of benzene rings is 2. The van der Waals surface area contributed by atoms with Crippen molar-refractivity contribution in [2.24, 2.45) is 11.5 Å². The van der Waals surface area contributed by atoms with Crippen molar-refractivity contribution in [3.63, 3.8) is 0 Å². The smallest absolute Gasteiger partial charge is 0.296 e. The Labute approximate surface area is 287 Å². The van der Waals surface area contributed by atoms with Crippen molar-refractivity contribution in [1.82, 2.24) is 24.2 Å². The van der Waals surface area contributed by atoms with Crippen LogP contribution in [0.1, 0.15) is 50.2 Å². The highest BCUT2D eigenvalue weighted by atomic mass is 16.6. The van der Waals surface area contributed by atoms with E-state index in [1.165, 1.54) is 6.07 Å². The minimum absolute atomic E-state index is 0.0424. The summed E-state index contributed by atoms with van der Waals surface area (Å²) in [6.45, 7) is 8.58. The number of ether oxygens (including phenoxy) is 2. The van der Waals surface area contributed by atoms with Crippen LogP contribution in [0.5, 0.6) is 5.75 Å². The molecule has 2 aromatic carbocycles. The van der Waals surface area contributed by atoms with Gasteiger partial charge in [-0.3, -0.25) is 39.4 Å². The van der Waals surface area contributed by atoms with E-state index in [1.54, 1.807) is 52.6 Å². The SMILES string of the molecule is CCn1nc(C)cc1C(=O)Nc1nc2cc(C(N)=O)ccc2n1C/C=C/CNc1c(OCCCN2CCOCC2)cc(C(N)=O)cc1[N+](=O)[O-]. The molecule has 3 amide bonds. The molecule has 1 aliphatic rings. The topological polar surface area (TPSA) is 228 Å². The predicted molar refractivity (Wildman–Crippen MR) is 185 cm³/mol. The van der Waals surface area contributed by atoms with Crippen molar-refractivity contribution < 1.29 is 28.8 Å². The van der Waals surface area contributed by atoms with Crippen molar-refractivity contribution in [2.75, 3.05) is 56.6 Å². The van der Waals surface area contributed by atoms with Gasteiger partial charge in [-0.15, -0.1) is 0 Å². The average Bonchev–Trinajstić information content (AvgIpc) is 3.65. The molecule has 6 N–H and O–H groups in total. The van der Waals surface area contributed by atoms with Crippen LogP contribution in [-0.4, -0.2) is 92.9 Å². The Morgan fingerprint density at radius 2 is 1.84 bits per heavy atom. The van der Waals surface area contributed by atoms with Gasteiger partial charge in [0.15, 0.2) is 5.69 Å². The number of rotatable bonds is 16. The van der Waals surface area contributed by atoms with Crippen LogP contribution in [-0.2, 0) is 17.8 Å². The number of aromatic nitrogens is 4. The minimum Gasteiger partial charge on any atom is -0.491 e. The number of morpholine rings is 1. The Balaban J connectivity index is 1.34. The third-order valence-electron chi connectivity index (χ3n) is 8.09. The lowest BCUT2D eigenvalue weighted by Gasteiger charge is -2.26. The maximum absolute atomic E-state index is 13.3. The summed E-state index contributed by atoms with van der Waals surface area (Å²) in [5.74, 6) is -1.46. The molecule has 1 aliphatic heterocycles. The summed E-state index contributed by atoms with van der Waals surface area (Å²) in [6.07, 6.45) is 4.20. The molecule has 0 atom stereocenters. The first-order valence-corrected chi connectivity index (χ1v) is 16.2. The highest BCUT2D eigenvalue weighted by Gasteiger charge is 2.23. The zero-order valence-electron chi connectivity index (χ0n) is 27.9. The first kappa shape index (κ1) is 35.5. The number of hydrogen-bond donors (Lipinski definition) is 4. The van der Waals surface area contributed by atoms with Crippen molar-refractivity contribution >= 4 is 46.1 Å². The number of fused-ring (bicyclic) bond motifs is 1. The molecule has 50 heavy (non-hydrogen) atoms. The highest BCUT2D eigenvalue weighted by Crippen LogP contribution is 2.36. The summed E-state index contributed by atoms with van der Waals surface area (Å²) in [6, 6.07) is 9.01. The zero-order valence-corrected chi connectivity index (χ0v) is 27.9. The van der Waals surface area contributed by atoms with Crippen molar-refractivity contribution in [3.05, 3.63) is 81.2 Å². The van der Waals surface area contributed by atoms with Gasteiger partial charge in [0, 0.05) is 56.5 Å². The van der Waals surface area contributed by atoms with Gasteiger partial charge in [-0.2, -0.15) is 5.10 Å². The van der Waals surface area contributed by atoms with Gasteiger partial charge in [0.2, 0.25) is 17.8 Å². The summed E-state index contributed by atoms with van der Waals surface area (Å²) in [4.78, 5) is 55.3. The Morgan fingerprint density at radius 3 is 2.54 bits per heavy atom. The third-order valence-corrected chi connectivity index (χ3v) is 8.09. The van der Waals surface area contributed by atoms with Crippen LogP contribution in [0.4, 0.5) is 17.3 Å². The lowest BCUT2D eigenvalue weighted by Crippen LogP contribution is -2.37. The molecule has 17 nitrogen and oxygen atoms in total. The number of aryl methyl sites for hydroxylation is 2. The second-order valence-corrected chi connectivity index (χ2v) is 11.6. The van der Waals surface area contributed by atoms with E-state index in [-0.39, 0.29) is 53.9 Å².